The third-order valence-electron chi connectivity index (χ3n) is 4.83. The van der Waals surface area contributed by atoms with Crippen LogP contribution < -0.4 is 4.74 Å². The van der Waals surface area contributed by atoms with Gasteiger partial charge in [0.2, 0.25) is 0 Å². The molecule has 1 fully saturated rings. The van der Waals surface area contributed by atoms with Gasteiger partial charge in [0.15, 0.2) is 0 Å². The zero-order chi connectivity index (χ0) is 16.1. The van der Waals surface area contributed by atoms with Crippen LogP contribution in [0.25, 0.3) is 10.8 Å². The lowest BCUT2D eigenvalue weighted by Crippen LogP contribution is -2.44. The lowest BCUT2D eigenvalue weighted by atomic mass is 10.00. The first-order valence-corrected chi connectivity index (χ1v) is 8.80. The number of β-amino-alcohol motifs (C(OH)–C–C–N with tert-alkyl or cyclic N) is 1. The van der Waals surface area contributed by atoms with Crippen LogP contribution in [0.3, 0.4) is 0 Å². The Labute approximate surface area is 138 Å². The monoisotopic (exact) mass is 313 g/mol. The fourth-order valence-electron chi connectivity index (χ4n) is 3.54. The first-order chi connectivity index (χ1) is 11.3. The second-order valence-corrected chi connectivity index (χ2v) is 6.53. The van der Waals surface area contributed by atoms with Gasteiger partial charge in [-0.05, 0) is 48.7 Å². The van der Waals surface area contributed by atoms with Crippen molar-refractivity contribution in [2.45, 2.75) is 44.8 Å². The van der Waals surface area contributed by atoms with Gasteiger partial charge in [-0.2, -0.15) is 0 Å². The number of hydrogen-bond acceptors (Lipinski definition) is 3. The van der Waals surface area contributed by atoms with Crippen LogP contribution in [-0.4, -0.2) is 41.8 Å². The predicted octanol–water partition coefficient (Wildman–Crippen LogP) is 3.84. The van der Waals surface area contributed by atoms with Crippen LogP contribution >= 0.6 is 0 Å². The van der Waals surface area contributed by atoms with E-state index in [1.54, 1.807) is 0 Å². The molecule has 3 nitrogen and oxygen atoms in total. The highest BCUT2D eigenvalue weighted by atomic mass is 16.5. The average molecular weight is 313 g/mol. The van der Waals surface area contributed by atoms with Crippen molar-refractivity contribution in [3.63, 3.8) is 0 Å². The normalized spacial score (nSPS) is 20.5. The van der Waals surface area contributed by atoms with E-state index < -0.39 is 6.10 Å². The molecule has 1 saturated heterocycles. The Balaban J connectivity index is 1.54. The number of nitrogens with zero attached hydrogens (tertiary/aromatic N) is 1. The van der Waals surface area contributed by atoms with Gasteiger partial charge in [-0.15, -0.1) is 0 Å². The summed E-state index contributed by atoms with van der Waals surface area (Å²) in [6.07, 6.45) is 4.55. The molecule has 23 heavy (non-hydrogen) atoms. The molecule has 0 bridgehead atoms. The number of benzene rings is 2. The Morgan fingerprint density at radius 3 is 2.83 bits per heavy atom. The first kappa shape index (κ1) is 16.3. The van der Waals surface area contributed by atoms with Crippen LogP contribution in [0.4, 0.5) is 0 Å². The summed E-state index contributed by atoms with van der Waals surface area (Å²) in [6, 6.07) is 14.9. The number of fused-ring (bicyclic) bond motifs is 1. The Morgan fingerprint density at radius 2 is 2.00 bits per heavy atom. The molecule has 124 valence electrons. The van der Waals surface area contributed by atoms with Crippen molar-refractivity contribution in [2.24, 2.45) is 0 Å². The van der Waals surface area contributed by atoms with Crippen LogP contribution in [0, 0.1) is 0 Å². The minimum atomic E-state index is -0.436. The van der Waals surface area contributed by atoms with Gasteiger partial charge in [0.25, 0.3) is 0 Å². The van der Waals surface area contributed by atoms with Gasteiger partial charge in [0.05, 0.1) is 0 Å². The van der Waals surface area contributed by atoms with Gasteiger partial charge in [0.1, 0.15) is 18.5 Å². The summed E-state index contributed by atoms with van der Waals surface area (Å²) < 4.78 is 5.81. The minimum absolute atomic E-state index is 0.352. The van der Waals surface area contributed by atoms with Gasteiger partial charge in [0, 0.05) is 12.6 Å². The summed E-state index contributed by atoms with van der Waals surface area (Å²) in [6.45, 7) is 4.41. The fraction of sp³-hybridized carbons (Fsp3) is 0.500. The topological polar surface area (TPSA) is 32.7 Å². The lowest BCUT2D eigenvalue weighted by molar-refractivity contribution is 0.0388. The van der Waals surface area contributed by atoms with Crippen molar-refractivity contribution in [2.75, 3.05) is 19.7 Å². The number of ether oxygens (including phenoxy) is 1. The SMILES string of the molecule is CCC1CCCCN1CC(O)COc1ccc2ccccc2c1. The number of piperidine rings is 1. The van der Waals surface area contributed by atoms with E-state index in [4.69, 9.17) is 4.74 Å². The molecule has 0 aliphatic carbocycles. The molecule has 0 radical (unpaired) electrons. The Bertz CT molecular complexity index is 628. The molecule has 2 atom stereocenters. The first-order valence-electron chi connectivity index (χ1n) is 8.80. The zero-order valence-corrected chi connectivity index (χ0v) is 13.9. The number of likely N-dealkylation sites (tertiary alicyclic amines) is 1. The zero-order valence-electron chi connectivity index (χ0n) is 13.9. The van der Waals surface area contributed by atoms with Crippen molar-refractivity contribution < 1.29 is 9.84 Å². The van der Waals surface area contributed by atoms with Crippen molar-refractivity contribution in [1.82, 2.24) is 4.90 Å². The van der Waals surface area contributed by atoms with Gasteiger partial charge >= 0.3 is 0 Å². The molecule has 2 unspecified atom stereocenters. The minimum Gasteiger partial charge on any atom is -0.491 e. The van der Waals surface area contributed by atoms with Crippen molar-refractivity contribution in [3.05, 3.63) is 42.5 Å². The van der Waals surface area contributed by atoms with Crippen molar-refractivity contribution in [1.29, 1.82) is 0 Å². The third kappa shape index (κ3) is 4.24. The van der Waals surface area contributed by atoms with Gasteiger partial charge < -0.3 is 9.84 Å². The standard InChI is InChI=1S/C20H27NO2/c1-2-18-9-5-6-12-21(18)14-19(22)15-23-20-11-10-16-7-3-4-8-17(16)13-20/h3-4,7-8,10-11,13,18-19,22H,2,5-6,9,12,14-15H2,1H3. The van der Waals surface area contributed by atoms with Crippen LogP contribution in [0.5, 0.6) is 5.75 Å². The van der Waals surface area contributed by atoms with E-state index in [2.05, 4.69) is 30.0 Å². The smallest absolute Gasteiger partial charge is 0.120 e. The van der Waals surface area contributed by atoms with Crippen LogP contribution in [0.2, 0.25) is 0 Å². The molecule has 1 heterocycles. The van der Waals surface area contributed by atoms with Gasteiger partial charge in [-0.25, -0.2) is 0 Å². The summed E-state index contributed by atoms with van der Waals surface area (Å²) in [5.41, 5.74) is 0. The molecule has 0 spiro atoms. The number of rotatable bonds is 6. The fourth-order valence-corrected chi connectivity index (χ4v) is 3.54. The molecule has 1 N–H and O–H groups in total. The lowest BCUT2D eigenvalue weighted by Gasteiger charge is -2.36. The van der Waals surface area contributed by atoms with E-state index in [9.17, 15) is 5.11 Å². The predicted molar refractivity (Wildman–Crippen MR) is 95.0 cm³/mol. The Hall–Kier alpha value is -1.58. The maximum atomic E-state index is 10.3. The summed E-state index contributed by atoms with van der Waals surface area (Å²) in [4.78, 5) is 2.43. The van der Waals surface area contributed by atoms with E-state index in [0.29, 0.717) is 19.2 Å². The highest BCUT2D eigenvalue weighted by Gasteiger charge is 2.23. The van der Waals surface area contributed by atoms with Gasteiger partial charge in [-0.3, -0.25) is 4.90 Å². The average Bonchev–Trinajstić information content (AvgIpc) is 2.60. The molecule has 2 aromatic rings. The van der Waals surface area contributed by atoms with Crippen molar-refractivity contribution >= 4 is 10.8 Å². The molecule has 0 saturated carbocycles. The summed E-state index contributed by atoms with van der Waals surface area (Å²) in [5, 5.41) is 12.7. The second kappa shape index (κ2) is 7.80. The maximum absolute atomic E-state index is 10.3. The summed E-state index contributed by atoms with van der Waals surface area (Å²) >= 11 is 0. The molecule has 3 heteroatoms. The van der Waals surface area contributed by atoms with E-state index in [1.165, 1.54) is 30.0 Å². The molecular formula is C20H27NO2. The molecule has 0 amide bonds. The largest absolute Gasteiger partial charge is 0.491 e. The van der Waals surface area contributed by atoms with E-state index >= 15 is 0 Å². The molecule has 0 aromatic heterocycles. The van der Waals surface area contributed by atoms with E-state index in [-0.39, 0.29) is 0 Å². The Morgan fingerprint density at radius 1 is 1.17 bits per heavy atom. The maximum Gasteiger partial charge on any atom is 0.120 e. The quantitative estimate of drug-likeness (QED) is 0.879. The highest BCUT2D eigenvalue weighted by Crippen LogP contribution is 2.22. The number of aliphatic hydroxyl groups excluding tert-OH is 1. The third-order valence-corrected chi connectivity index (χ3v) is 4.83. The molecule has 1 aliphatic rings. The van der Waals surface area contributed by atoms with Gasteiger partial charge in [-0.1, -0.05) is 43.7 Å². The van der Waals surface area contributed by atoms with Crippen LogP contribution in [0.1, 0.15) is 32.6 Å². The highest BCUT2D eigenvalue weighted by molar-refractivity contribution is 5.83. The second-order valence-electron chi connectivity index (χ2n) is 6.53. The van der Waals surface area contributed by atoms with E-state index in [1.807, 2.05) is 24.3 Å². The molecular weight excluding hydrogens is 286 g/mol. The molecule has 1 aliphatic heterocycles. The van der Waals surface area contributed by atoms with Crippen LogP contribution in [-0.2, 0) is 0 Å². The number of hydrogen-bond donors (Lipinski definition) is 1. The summed E-state index contributed by atoms with van der Waals surface area (Å²) in [5.74, 6) is 0.827. The van der Waals surface area contributed by atoms with Crippen molar-refractivity contribution in [3.8, 4) is 5.75 Å². The van der Waals surface area contributed by atoms with E-state index in [0.717, 1.165) is 18.7 Å². The van der Waals surface area contributed by atoms with Crippen LogP contribution in [0.15, 0.2) is 42.5 Å². The Kier molecular flexibility index (Phi) is 5.52. The number of aliphatic hydroxyl groups is 1. The molecule has 3 rings (SSSR count). The molecule has 2 aromatic carbocycles. The summed E-state index contributed by atoms with van der Waals surface area (Å²) in [7, 11) is 0.